The largest absolute Gasteiger partial charge is 0.248 e. The molecule has 13 rings (SSSR count). The Morgan fingerprint density at radius 3 is 0.919 bits per heavy atom. The molecule has 0 saturated carbocycles. The summed E-state index contributed by atoms with van der Waals surface area (Å²) in [7, 11) is 0. The van der Waals surface area contributed by atoms with Crippen molar-refractivity contribution in [2.45, 2.75) is 0 Å². The number of rotatable bonds is 8. The molecule has 342 valence electrons. The first-order chi connectivity index (χ1) is 36.6. The first-order valence-corrected chi connectivity index (χ1v) is 24.4. The van der Waals surface area contributed by atoms with Crippen LogP contribution in [-0.4, -0.2) is 24.9 Å². The van der Waals surface area contributed by atoms with Crippen LogP contribution < -0.4 is 0 Å². The van der Waals surface area contributed by atoms with Crippen LogP contribution in [0.2, 0.25) is 0 Å². The lowest BCUT2D eigenvalue weighted by molar-refractivity contribution is 1.29. The first-order valence-electron chi connectivity index (χ1n) is 24.4. The van der Waals surface area contributed by atoms with Crippen molar-refractivity contribution in [2.24, 2.45) is 0 Å². The van der Waals surface area contributed by atoms with Crippen molar-refractivity contribution in [1.82, 2.24) is 24.9 Å². The second-order valence-electron chi connectivity index (χ2n) is 18.1. The van der Waals surface area contributed by atoms with Gasteiger partial charge in [-0.3, -0.25) is 0 Å². The SMILES string of the molecule is N#Cc1c(-c2ccccc2)nc2c(ccc3c(-c4ccccc4)cc(-c4ccccc4)nc32)c1-c1cccc(-c2c(C#N)c(-c3ccccc3)nc3c2ccc2c(-c4ccccc4)cc(-c4ccccc4)nc23)n1. The van der Waals surface area contributed by atoms with Crippen molar-refractivity contribution < 1.29 is 0 Å². The fourth-order valence-corrected chi connectivity index (χ4v) is 10.3. The summed E-state index contributed by atoms with van der Waals surface area (Å²) in [5.41, 5.74) is 16.0. The lowest BCUT2D eigenvalue weighted by atomic mass is 9.91. The Bertz CT molecular complexity index is 4120. The zero-order valence-electron chi connectivity index (χ0n) is 39.6. The van der Waals surface area contributed by atoms with E-state index in [1.165, 1.54) is 0 Å². The fourth-order valence-electron chi connectivity index (χ4n) is 10.3. The van der Waals surface area contributed by atoms with E-state index in [4.69, 9.17) is 24.9 Å². The molecule has 0 aliphatic rings. The normalized spacial score (nSPS) is 11.2. The standard InChI is InChI=1S/C67H39N7/c68-40-54-60(50-36-34-48-52(42-20-7-1-8-21-42)38-58(44-24-11-3-12-25-44)71-64(48)66(50)73-62(54)46-28-15-5-16-29-46)56-32-19-33-57(70-56)61-51-37-35-49-53(43-22-9-2-10-23-43)39-59(45-26-13-4-14-27-45)72-65(49)67(51)74-63(55(61)41-69)47-30-17-6-18-31-47/h1-39H. The van der Waals surface area contributed by atoms with Gasteiger partial charge in [-0.2, -0.15) is 10.5 Å². The number of pyridine rings is 5. The van der Waals surface area contributed by atoms with Gasteiger partial charge in [-0.25, -0.2) is 24.9 Å². The Hall–Kier alpha value is -10.5. The molecule has 8 aromatic carbocycles. The van der Waals surface area contributed by atoms with Crippen LogP contribution in [0.3, 0.4) is 0 Å². The van der Waals surface area contributed by atoms with E-state index in [0.717, 1.165) is 77.4 Å². The summed E-state index contributed by atoms with van der Waals surface area (Å²) in [6.07, 6.45) is 0. The molecule has 0 aliphatic heterocycles. The molecular weight excluding hydrogens is 903 g/mol. The van der Waals surface area contributed by atoms with Crippen LogP contribution in [0.15, 0.2) is 237 Å². The highest BCUT2D eigenvalue weighted by Gasteiger charge is 2.26. The van der Waals surface area contributed by atoms with Crippen molar-refractivity contribution in [3.63, 3.8) is 0 Å². The smallest absolute Gasteiger partial charge is 0.102 e. The predicted molar refractivity (Wildman–Crippen MR) is 298 cm³/mol. The maximum absolute atomic E-state index is 11.4. The molecule has 7 heteroatoms. The molecule has 13 aromatic rings. The average molecular weight is 942 g/mol. The highest BCUT2D eigenvalue weighted by molar-refractivity contribution is 6.16. The van der Waals surface area contributed by atoms with E-state index in [9.17, 15) is 10.5 Å². The van der Waals surface area contributed by atoms with Crippen molar-refractivity contribution in [3.8, 4) is 102 Å². The van der Waals surface area contributed by atoms with Crippen LogP contribution in [0.4, 0.5) is 0 Å². The van der Waals surface area contributed by atoms with Crippen LogP contribution in [0, 0.1) is 22.7 Å². The maximum Gasteiger partial charge on any atom is 0.102 e. The molecule has 0 saturated heterocycles. The number of nitriles is 2. The quantitative estimate of drug-likeness (QED) is 0.139. The monoisotopic (exact) mass is 941 g/mol. The Labute approximate surface area is 426 Å². The van der Waals surface area contributed by atoms with Crippen LogP contribution in [-0.2, 0) is 0 Å². The number of benzene rings is 8. The Kier molecular flexibility index (Phi) is 10.8. The Morgan fingerprint density at radius 2 is 0.568 bits per heavy atom. The Morgan fingerprint density at radius 1 is 0.257 bits per heavy atom. The van der Waals surface area contributed by atoms with E-state index in [-0.39, 0.29) is 0 Å². The molecule has 0 atom stereocenters. The minimum Gasteiger partial charge on any atom is -0.248 e. The summed E-state index contributed by atoms with van der Waals surface area (Å²) < 4.78 is 0. The third-order valence-corrected chi connectivity index (χ3v) is 13.8. The third-order valence-electron chi connectivity index (χ3n) is 13.8. The van der Waals surface area contributed by atoms with Crippen molar-refractivity contribution >= 4 is 43.6 Å². The molecule has 74 heavy (non-hydrogen) atoms. The summed E-state index contributed by atoms with van der Waals surface area (Å²) >= 11 is 0. The van der Waals surface area contributed by atoms with E-state index in [0.29, 0.717) is 67.1 Å². The van der Waals surface area contributed by atoms with Crippen LogP contribution in [0.5, 0.6) is 0 Å². The van der Waals surface area contributed by atoms with Gasteiger partial charge in [0.1, 0.15) is 12.1 Å². The molecule has 0 fully saturated rings. The Balaban J connectivity index is 1.12. The van der Waals surface area contributed by atoms with Gasteiger partial charge in [0, 0.05) is 54.9 Å². The molecule has 0 spiro atoms. The molecule has 0 radical (unpaired) electrons. The van der Waals surface area contributed by atoms with Crippen molar-refractivity contribution in [2.75, 3.05) is 0 Å². The number of hydrogen-bond donors (Lipinski definition) is 0. The molecule has 0 bridgehead atoms. The van der Waals surface area contributed by atoms with Gasteiger partial charge in [0.2, 0.25) is 0 Å². The van der Waals surface area contributed by atoms with E-state index in [1.54, 1.807) is 0 Å². The lowest BCUT2D eigenvalue weighted by Gasteiger charge is -2.18. The lowest BCUT2D eigenvalue weighted by Crippen LogP contribution is -2.02. The summed E-state index contributed by atoms with van der Waals surface area (Å²) in [5, 5.41) is 26.0. The molecular formula is C67H39N7. The van der Waals surface area contributed by atoms with E-state index in [2.05, 4.69) is 84.9 Å². The van der Waals surface area contributed by atoms with Gasteiger partial charge >= 0.3 is 0 Å². The molecule has 0 aliphatic carbocycles. The van der Waals surface area contributed by atoms with Gasteiger partial charge in [-0.15, -0.1) is 0 Å². The molecule has 0 amide bonds. The van der Waals surface area contributed by atoms with E-state index >= 15 is 0 Å². The van der Waals surface area contributed by atoms with Gasteiger partial charge in [0.05, 0.1) is 67.4 Å². The topological polar surface area (TPSA) is 112 Å². The summed E-state index contributed by atoms with van der Waals surface area (Å²) in [4.78, 5) is 27.2. The van der Waals surface area contributed by atoms with Crippen LogP contribution >= 0.6 is 0 Å². The number of aromatic nitrogens is 5. The fraction of sp³-hybridized carbons (Fsp3) is 0. The number of nitrogens with zero attached hydrogens (tertiary/aromatic N) is 7. The third kappa shape index (κ3) is 7.49. The summed E-state index contributed by atoms with van der Waals surface area (Å²) in [5.74, 6) is 0. The summed E-state index contributed by atoms with van der Waals surface area (Å²) in [6, 6.07) is 84.2. The van der Waals surface area contributed by atoms with Gasteiger partial charge < -0.3 is 0 Å². The highest BCUT2D eigenvalue weighted by Crippen LogP contribution is 2.45. The van der Waals surface area contributed by atoms with Crippen molar-refractivity contribution in [1.29, 1.82) is 10.5 Å². The molecule has 5 heterocycles. The van der Waals surface area contributed by atoms with Crippen LogP contribution in [0.1, 0.15) is 11.1 Å². The molecule has 5 aromatic heterocycles. The van der Waals surface area contributed by atoms with Gasteiger partial charge in [-0.05, 0) is 46.5 Å². The zero-order valence-corrected chi connectivity index (χ0v) is 39.6. The second-order valence-corrected chi connectivity index (χ2v) is 18.1. The van der Waals surface area contributed by atoms with Crippen molar-refractivity contribution in [3.05, 3.63) is 248 Å². The minimum absolute atomic E-state index is 0.373. The molecule has 0 N–H and O–H groups in total. The maximum atomic E-state index is 11.4. The van der Waals surface area contributed by atoms with E-state index in [1.807, 2.05) is 164 Å². The zero-order chi connectivity index (χ0) is 49.5. The predicted octanol–water partition coefficient (Wildman–Crippen LogP) is 16.4. The van der Waals surface area contributed by atoms with E-state index < -0.39 is 0 Å². The molecule has 0 unspecified atom stereocenters. The number of fused-ring (bicyclic) bond motifs is 6. The highest BCUT2D eigenvalue weighted by atomic mass is 14.8. The molecule has 7 nitrogen and oxygen atoms in total. The number of hydrogen-bond acceptors (Lipinski definition) is 7. The second kappa shape index (κ2) is 18.4. The van der Waals surface area contributed by atoms with Gasteiger partial charge in [0.15, 0.2) is 0 Å². The summed E-state index contributed by atoms with van der Waals surface area (Å²) in [6.45, 7) is 0. The van der Waals surface area contributed by atoms with Crippen LogP contribution in [0.25, 0.3) is 133 Å². The minimum atomic E-state index is 0.373. The average Bonchev–Trinajstić information content (AvgIpc) is 3.48. The van der Waals surface area contributed by atoms with Gasteiger partial charge in [-0.1, -0.05) is 212 Å². The van der Waals surface area contributed by atoms with Gasteiger partial charge in [0.25, 0.3) is 0 Å². The first kappa shape index (κ1) is 43.5.